The third-order valence-corrected chi connectivity index (χ3v) is 12.9. The molecule has 4 atom stereocenters. The van der Waals surface area contributed by atoms with Gasteiger partial charge in [-0.1, -0.05) is 149 Å². The highest BCUT2D eigenvalue weighted by atomic mass is 16.3. The van der Waals surface area contributed by atoms with Crippen molar-refractivity contribution in [2.24, 2.45) is 11.8 Å². The number of rotatable bonds is 5. The van der Waals surface area contributed by atoms with Gasteiger partial charge >= 0.3 is 0 Å². The second-order valence-corrected chi connectivity index (χ2v) is 16.5. The highest BCUT2D eigenvalue weighted by Crippen LogP contribution is 2.59. The van der Waals surface area contributed by atoms with Crippen LogP contribution in [0.5, 0.6) is 0 Å². The van der Waals surface area contributed by atoms with E-state index in [0.717, 1.165) is 61.0 Å². The van der Waals surface area contributed by atoms with Crippen LogP contribution in [0.15, 0.2) is 173 Å². The van der Waals surface area contributed by atoms with Gasteiger partial charge in [0.2, 0.25) is 0 Å². The van der Waals surface area contributed by atoms with Gasteiger partial charge in [0, 0.05) is 61.9 Å². The van der Waals surface area contributed by atoms with Crippen LogP contribution in [0.3, 0.4) is 0 Å². The Morgan fingerprint density at radius 1 is 0.603 bits per heavy atom. The zero-order valence-corrected chi connectivity index (χ0v) is 33.9. The lowest BCUT2D eigenvalue weighted by Crippen LogP contribution is -2.38. The summed E-state index contributed by atoms with van der Waals surface area (Å²) >= 11 is 0. The van der Waals surface area contributed by atoms with Crippen molar-refractivity contribution in [3.63, 3.8) is 0 Å². The van der Waals surface area contributed by atoms with Crippen molar-refractivity contribution in [1.29, 1.82) is 0 Å². The van der Waals surface area contributed by atoms with Crippen LogP contribution in [0.2, 0.25) is 0 Å². The molecule has 3 aliphatic rings. The molecule has 0 amide bonds. The predicted molar refractivity (Wildman–Crippen MR) is 260 cm³/mol. The van der Waals surface area contributed by atoms with Crippen molar-refractivity contribution >= 4 is 102 Å². The fourth-order valence-electron chi connectivity index (χ4n) is 10.4. The highest BCUT2D eigenvalue weighted by molar-refractivity contribution is 6.51. The van der Waals surface area contributed by atoms with Crippen LogP contribution in [0.1, 0.15) is 17.3 Å². The van der Waals surface area contributed by atoms with Gasteiger partial charge in [0.1, 0.15) is 52.7 Å². The summed E-state index contributed by atoms with van der Waals surface area (Å²) in [6.07, 6.45) is 3.91. The lowest BCUT2D eigenvalue weighted by atomic mass is 9.60. The van der Waals surface area contributed by atoms with Gasteiger partial charge in [-0.2, -0.15) is 0 Å². The number of anilines is 1. The SMILES string of the molecule is [B]C1=CC2C3C([B])=C([B])c4c(n(-c5ccccc5)c5c([B])cc([B])cc45)C3N(c3cccc4c3oc3cccc(-c5nc(-c6ccccc6)nc(-c6ccccc6)n5)c34)C2C([B])=C1. The molecule has 1 fully saturated rings. The second-order valence-electron chi connectivity index (χ2n) is 16.5. The lowest BCUT2D eigenvalue weighted by Gasteiger charge is -2.38. The van der Waals surface area contributed by atoms with Crippen LogP contribution in [-0.2, 0) is 0 Å². The number of benzene rings is 6. The van der Waals surface area contributed by atoms with E-state index in [1.807, 2.05) is 109 Å². The monoisotopic (exact) mass is 793 g/mol. The first-order chi connectivity index (χ1) is 30.7. The van der Waals surface area contributed by atoms with Crippen molar-refractivity contribution in [2.45, 2.75) is 12.1 Å². The molecule has 1 saturated heterocycles. The maximum atomic E-state index is 7.28. The first-order valence-electron chi connectivity index (χ1n) is 20.8. The molecule has 12 radical (unpaired) electrons. The second kappa shape index (κ2) is 14.3. The molecule has 282 valence electrons. The van der Waals surface area contributed by atoms with Crippen LogP contribution in [0.4, 0.5) is 5.69 Å². The largest absolute Gasteiger partial charge is 0.454 e. The van der Waals surface area contributed by atoms with E-state index in [1.54, 1.807) is 6.07 Å². The van der Waals surface area contributed by atoms with E-state index in [1.165, 1.54) is 0 Å². The fraction of sp³-hybridized carbons (Fsp3) is 0.0784. The van der Waals surface area contributed by atoms with Crippen molar-refractivity contribution in [3.8, 4) is 39.9 Å². The van der Waals surface area contributed by atoms with E-state index in [0.29, 0.717) is 61.5 Å². The highest BCUT2D eigenvalue weighted by Gasteiger charge is 2.54. The number of hydrogen-bond donors (Lipinski definition) is 0. The van der Waals surface area contributed by atoms with Crippen molar-refractivity contribution in [1.82, 2.24) is 19.5 Å². The summed E-state index contributed by atoms with van der Waals surface area (Å²) in [4.78, 5) is 17.5. The molecule has 4 unspecified atom stereocenters. The summed E-state index contributed by atoms with van der Waals surface area (Å²) in [5, 5.41) is 2.57. The number of aromatic nitrogens is 4. The Kier molecular flexibility index (Phi) is 8.59. The molecule has 6 nitrogen and oxygen atoms in total. The summed E-state index contributed by atoms with van der Waals surface area (Å²) in [6, 6.07) is 45.2. The average molecular weight is 793 g/mol. The van der Waals surface area contributed by atoms with Gasteiger partial charge < -0.3 is 13.9 Å². The Morgan fingerprint density at radius 3 is 1.95 bits per heavy atom. The van der Waals surface area contributed by atoms with Gasteiger partial charge in [-0.15, -0.1) is 10.9 Å². The maximum Gasteiger partial charge on any atom is 0.164 e. The average Bonchev–Trinajstić information content (AvgIpc) is 3.97. The molecule has 4 heterocycles. The third-order valence-electron chi connectivity index (χ3n) is 12.9. The Labute approximate surface area is 372 Å². The van der Waals surface area contributed by atoms with Gasteiger partial charge in [0.15, 0.2) is 23.1 Å². The molecule has 12 rings (SSSR count). The van der Waals surface area contributed by atoms with Gasteiger partial charge in [-0.3, -0.25) is 0 Å². The molecule has 0 spiro atoms. The summed E-state index contributed by atoms with van der Waals surface area (Å²) < 4.78 is 9.23. The smallest absolute Gasteiger partial charge is 0.164 e. The maximum absolute atomic E-state index is 7.28. The predicted octanol–water partition coefficient (Wildman–Crippen LogP) is 7.60. The van der Waals surface area contributed by atoms with Gasteiger partial charge in [-0.05, 0) is 29.8 Å². The molecule has 12 heteroatoms. The van der Waals surface area contributed by atoms with Crippen LogP contribution >= 0.6 is 0 Å². The van der Waals surface area contributed by atoms with E-state index in [9.17, 15) is 0 Å². The Balaban J connectivity index is 1.13. The summed E-state index contributed by atoms with van der Waals surface area (Å²) in [7, 11) is 41.6. The molecule has 0 N–H and O–H groups in total. The first-order valence-corrected chi connectivity index (χ1v) is 20.8. The topological polar surface area (TPSA) is 60.0 Å². The van der Waals surface area contributed by atoms with Gasteiger partial charge in [0.05, 0.1) is 17.4 Å². The zero-order chi connectivity index (χ0) is 42.7. The first kappa shape index (κ1) is 37.8. The van der Waals surface area contributed by atoms with E-state index in [4.69, 9.17) is 66.4 Å². The molecule has 6 aromatic carbocycles. The standard InChI is InChI=1S/C51H29B6N5O/c52-28-22-33-40-42(56)43(57)41-34-23-29(53)25-36(55)45(34)62(47(41)46(40)61(44(33)35(54)24-28)30-16-8-3-9-17-30)37-20-10-18-31-39-32(19-11-21-38(39)63-48(31)37)51-59-49(26-12-4-1-5-13-26)58-50(60-51)27-14-6-2-7-15-27/h1-25,34,41,45,47H. The summed E-state index contributed by atoms with van der Waals surface area (Å²) in [5.74, 6) is 1.08. The number of allylic oxidation sites excluding steroid dienone is 2. The molecule has 9 aromatic rings. The lowest BCUT2D eigenvalue weighted by molar-refractivity contribution is 0.481. The van der Waals surface area contributed by atoms with E-state index in [-0.39, 0.29) is 17.9 Å². The molecular formula is C51H29B6N5O. The molecule has 0 saturated carbocycles. The number of fused-ring (bicyclic) bond motifs is 10. The molecule has 1 aliphatic heterocycles. The Hall–Kier alpha value is -6.92. The summed E-state index contributed by atoms with van der Waals surface area (Å²) in [6.45, 7) is 0. The Bertz CT molecular complexity index is 3400. The third kappa shape index (κ3) is 5.69. The van der Waals surface area contributed by atoms with Crippen LogP contribution in [0.25, 0.3) is 78.2 Å². The number of furan rings is 1. The Morgan fingerprint density at radius 2 is 1.25 bits per heavy atom. The van der Waals surface area contributed by atoms with Crippen molar-refractivity contribution in [3.05, 3.63) is 179 Å². The number of para-hydroxylation sites is 2. The van der Waals surface area contributed by atoms with Crippen molar-refractivity contribution in [2.75, 3.05) is 4.90 Å². The van der Waals surface area contributed by atoms with Gasteiger partial charge in [-0.25, -0.2) is 15.0 Å². The number of hydrogen-bond acceptors (Lipinski definition) is 5. The van der Waals surface area contributed by atoms with E-state index in [2.05, 4.69) is 45.9 Å². The van der Waals surface area contributed by atoms with Crippen LogP contribution in [0, 0.1) is 11.8 Å². The number of nitrogens with zero attached hydrogens (tertiary/aromatic N) is 5. The van der Waals surface area contributed by atoms with Crippen LogP contribution in [-0.4, -0.2) is 72.6 Å². The minimum absolute atomic E-state index is 0.246. The fourth-order valence-corrected chi connectivity index (χ4v) is 10.4. The molecular weight excluding hydrogens is 763 g/mol. The quantitative estimate of drug-likeness (QED) is 0.168. The van der Waals surface area contributed by atoms with Gasteiger partial charge in [0.25, 0.3) is 0 Å². The van der Waals surface area contributed by atoms with Crippen molar-refractivity contribution < 1.29 is 4.42 Å². The van der Waals surface area contributed by atoms with E-state index < -0.39 is 6.04 Å². The molecule has 63 heavy (non-hydrogen) atoms. The minimum Gasteiger partial charge on any atom is -0.454 e. The molecule has 2 aliphatic carbocycles. The van der Waals surface area contributed by atoms with Crippen LogP contribution < -0.4 is 15.8 Å². The minimum atomic E-state index is -0.423. The van der Waals surface area contributed by atoms with E-state index >= 15 is 0 Å². The summed E-state index contributed by atoms with van der Waals surface area (Å²) in [5.41, 5.74) is 11.4. The molecule has 3 aromatic heterocycles. The normalized spacial score (nSPS) is 19.3. The molecule has 0 bridgehead atoms. The zero-order valence-electron chi connectivity index (χ0n) is 33.9.